The lowest BCUT2D eigenvalue weighted by Gasteiger charge is -2.23. The fourth-order valence-electron chi connectivity index (χ4n) is 4.99. The molecule has 0 aromatic heterocycles. The summed E-state index contributed by atoms with van der Waals surface area (Å²) in [6, 6.07) is 19.4. The molecule has 1 nitrogen and oxygen atoms in total. The van der Waals surface area contributed by atoms with Gasteiger partial charge in [-0.25, -0.2) is 0 Å². The van der Waals surface area contributed by atoms with Gasteiger partial charge in [-0.1, -0.05) is 96.1 Å². The Kier molecular flexibility index (Phi) is 4.96. The van der Waals surface area contributed by atoms with Crippen LogP contribution in [0.3, 0.4) is 0 Å². The monoisotopic (exact) mass is 390 g/mol. The van der Waals surface area contributed by atoms with Gasteiger partial charge in [0.2, 0.25) is 0 Å². The van der Waals surface area contributed by atoms with Gasteiger partial charge in [-0.15, -0.1) is 0 Å². The molecular formula is C29H26O. The minimum Gasteiger partial charge on any atom is -0.294 e. The zero-order chi connectivity index (χ0) is 20.5. The number of hydrogen-bond acceptors (Lipinski definition) is 1. The first kappa shape index (κ1) is 18.8. The van der Waals surface area contributed by atoms with E-state index in [1.54, 1.807) is 0 Å². The highest BCUT2D eigenvalue weighted by Gasteiger charge is 2.28. The minimum absolute atomic E-state index is 0.00510. The summed E-state index contributed by atoms with van der Waals surface area (Å²) in [5.41, 5.74) is 9.22. The van der Waals surface area contributed by atoms with Crippen molar-refractivity contribution >= 4 is 11.4 Å². The van der Waals surface area contributed by atoms with Crippen LogP contribution >= 0.6 is 0 Å². The smallest absolute Gasteiger partial charge is 0.166 e. The third-order valence-corrected chi connectivity index (χ3v) is 6.55. The molecule has 30 heavy (non-hydrogen) atoms. The second kappa shape index (κ2) is 7.91. The lowest BCUT2D eigenvalue weighted by molar-refractivity contribution is -0.116. The van der Waals surface area contributed by atoms with Crippen LogP contribution in [0, 0.1) is 12.8 Å². The zero-order valence-electron chi connectivity index (χ0n) is 17.3. The topological polar surface area (TPSA) is 17.1 Å². The molecular weight excluding hydrogens is 364 g/mol. The van der Waals surface area contributed by atoms with Crippen LogP contribution in [0.5, 0.6) is 0 Å². The van der Waals surface area contributed by atoms with Crippen LogP contribution in [0.4, 0.5) is 0 Å². The van der Waals surface area contributed by atoms with Crippen molar-refractivity contribution in [3.8, 4) is 0 Å². The zero-order valence-corrected chi connectivity index (χ0v) is 17.3. The average molecular weight is 391 g/mol. The van der Waals surface area contributed by atoms with Gasteiger partial charge in [0.05, 0.1) is 5.92 Å². The van der Waals surface area contributed by atoms with Crippen LogP contribution in [0.15, 0.2) is 108 Å². The van der Waals surface area contributed by atoms with Gasteiger partial charge in [0.15, 0.2) is 5.78 Å². The SMILES string of the molecule is Cc1ccccc1C1C(CCC2=CC(=O)C3C=CCC3=C2)=CC=C1c1ccccc1. The summed E-state index contributed by atoms with van der Waals surface area (Å²) in [4.78, 5) is 12.5. The Bertz CT molecular complexity index is 1140. The van der Waals surface area contributed by atoms with E-state index in [1.807, 2.05) is 12.2 Å². The van der Waals surface area contributed by atoms with Gasteiger partial charge >= 0.3 is 0 Å². The lowest BCUT2D eigenvalue weighted by Crippen LogP contribution is -2.14. The van der Waals surface area contributed by atoms with Gasteiger partial charge < -0.3 is 0 Å². The maximum Gasteiger partial charge on any atom is 0.166 e. The summed E-state index contributed by atoms with van der Waals surface area (Å²) in [5, 5.41) is 0. The molecule has 0 N–H and O–H groups in total. The number of benzene rings is 2. The van der Waals surface area contributed by atoms with Gasteiger partial charge in [-0.3, -0.25) is 4.79 Å². The Labute approximate surface area is 178 Å². The number of aryl methyl sites for hydroxylation is 1. The molecule has 0 spiro atoms. The van der Waals surface area contributed by atoms with E-state index in [0.717, 1.165) is 19.3 Å². The number of carbonyl (C=O) groups is 1. The van der Waals surface area contributed by atoms with E-state index in [9.17, 15) is 4.79 Å². The summed E-state index contributed by atoms with van der Waals surface area (Å²) in [6.07, 6.45) is 15.7. The van der Waals surface area contributed by atoms with E-state index in [1.165, 1.54) is 39.0 Å². The molecule has 2 aromatic carbocycles. The van der Waals surface area contributed by atoms with Crippen molar-refractivity contribution in [1.29, 1.82) is 0 Å². The Balaban J connectivity index is 1.41. The van der Waals surface area contributed by atoms with Gasteiger partial charge in [0.1, 0.15) is 0 Å². The fourth-order valence-corrected chi connectivity index (χ4v) is 4.99. The van der Waals surface area contributed by atoms with Crippen molar-refractivity contribution in [2.45, 2.75) is 32.1 Å². The summed E-state index contributed by atoms with van der Waals surface area (Å²) >= 11 is 0. The number of carbonyl (C=O) groups excluding carboxylic acids is 1. The van der Waals surface area contributed by atoms with Gasteiger partial charge in [0.25, 0.3) is 0 Å². The predicted octanol–water partition coefficient (Wildman–Crippen LogP) is 6.89. The van der Waals surface area contributed by atoms with Gasteiger partial charge in [-0.2, -0.15) is 0 Å². The summed E-state index contributed by atoms with van der Waals surface area (Å²) in [7, 11) is 0. The molecule has 0 aliphatic heterocycles. The summed E-state index contributed by atoms with van der Waals surface area (Å²) in [5.74, 6) is 0.530. The van der Waals surface area contributed by atoms with Crippen LogP contribution in [-0.4, -0.2) is 5.78 Å². The first-order chi connectivity index (χ1) is 14.7. The normalized spacial score (nSPS) is 22.4. The van der Waals surface area contributed by atoms with Gasteiger partial charge in [0, 0.05) is 5.92 Å². The Morgan fingerprint density at radius 3 is 2.53 bits per heavy atom. The molecule has 2 unspecified atom stereocenters. The van der Waals surface area contributed by atoms with Crippen molar-refractivity contribution in [1.82, 2.24) is 0 Å². The number of rotatable bonds is 5. The highest BCUT2D eigenvalue weighted by Crippen LogP contribution is 2.45. The molecule has 3 aliphatic carbocycles. The van der Waals surface area contributed by atoms with E-state index in [-0.39, 0.29) is 17.6 Å². The van der Waals surface area contributed by atoms with Crippen molar-refractivity contribution in [3.63, 3.8) is 0 Å². The van der Waals surface area contributed by atoms with Crippen LogP contribution < -0.4 is 0 Å². The van der Waals surface area contributed by atoms with Crippen molar-refractivity contribution in [3.05, 3.63) is 124 Å². The molecule has 0 amide bonds. The molecule has 3 aliphatic rings. The molecule has 0 fully saturated rings. The van der Waals surface area contributed by atoms with Crippen LogP contribution in [0.25, 0.3) is 5.57 Å². The molecule has 0 saturated heterocycles. The minimum atomic E-state index is 0.00510. The molecule has 5 rings (SSSR count). The molecule has 148 valence electrons. The summed E-state index contributed by atoms with van der Waals surface area (Å²) < 4.78 is 0. The van der Waals surface area contributed by atoms with E-state index >= 15 is 0 Å². The average Bonchev–Trinajstić information content (AvgIpc) is 3.40. The number of hydrogen-bond donors (Lipinski definition) is 0. The molecule has 0 bridgehead atoms. The second-order valence-corrected chi connectivity index (χ2v) is 8.47. The molecule has 2 atom stereocenters. The molecule has 0 saturated carbocycles. The Morgan fingerprint density at radius 2 is 1.70 bits per heavy atom. The van der Waals surface area contributed by atoms with Crippen LogP contribution in [0.2, 0.25) is 0 Å². The van der Waals surface area contributed by atoms with Crippen molar-refractivity contribution in [2.75, 3.05) is 0 Å². The van der Waals surface area contributed by atoms with Gasteiger partial charge in [-0.05, 0) is 60.1 Å². The van der Waals surface area contributed by atoms with E-state index in [0.29, 0.717) is 0 Å². The quantitative estimate of drug-likeness (QED) is 0.508. The third kappa shape index (κ3) is 3.45. The second-order valence-electron chi connectivity index (χ2n) is 8.47. The van der Waals surface area contributed by atoms with Crippen molar-refractivity contribution < 1.29 is 4.79 Å². The first-order valence-electron chi connectivity index (χ1n) is 10.8. The van der Waals surface area contributed by atoms with Crippen molar-refractivity contribution in [2.24, 2.45) is 5.92 Å². The summed E-state index contributed by atoms with van der Waals surface area (Å²) in [6.45, 7) is 2.20. The first-order valence-corrected chi connectivity index (χ1v) is 10.8. The highest BCUT2D eigenvalue weighted by molar-refractivity contribution is 5.98. The number of ketones is 1. The van der Waals surface area contributed by atoms with E-state index < -0.39 is 0 Å². The maximum atomic E-state index is 12.5. The Morgan fingerprint density at radius 1 is 0.900 bits per heavy atom. The largest absolute Gasteiger partial charge is 0.294 e. The molecule has 0 radical (unpaired) electrons. The Hall–Kier alpha value is -3.19. The van der Waals surface area contributed by atoms with E-state index in [2.05, 4.69) is 85.8 Å². The predicted molar refractivity (Wildman–Crippen MR) is 124 cm³/mol. The number of fused-ring (bicyclic) bond motifs is 1. The lowest BCUT2D eigenvalue weighted by atomic mass is 9.80. The van der Waals surface area contributed by atoms with E-state index in [4.69, 9.17) is 0 Å². The fraction of sp³-hybridized carbons (Fsp3) is 0.207. The molecule has 2 aromatic rings. The molecule has 0 heterocycles. The molecule has 1 heteroatoms. The van der Waals surface area contributed by atoms with Crippen LogP contribution in [0.1, 0.15) is 41.9 Å². The maximum absolute atomic E-state index is 12.5. The standard InChI is InChI=1S/C29H26O/c1-20-8-5-6-12-25(20)29-23(16-17-27(29)22-9-3-2-4-10-22)15-14-21-18-24-11-7-13-26(24)28(30)19-21/h2-10,12-13,16-19,26,29H,11,14-15H2,1H3. The van der Waals surface area contributed by atoms with Crippen LogP contribution in [-0.2, 0) is 4.79 Å². The third-order valence-electron chi connectivity index (χ3n) is 6.55. The number of allylic oxidation sites excluding steroid dienone is 10. The highest BCUT2D eigenvalue weighted by atomic mass is 16.1.